The van der Waals surface area contributed by atoms with Gasteiger partial charge in [0.05, 0.1) is 6.54 Å². The lowest BCUT2D eigenvalue weighted by molar-refractivity contribution is 0.0845. The number of aliphatic imine (C=N–C) groups is 1. The zero-order valence-electron chi connectivity index (χ0n) is 10.7. The smallest absolute Gasteiger partial charge is 0.260 e. The van der Waals surface area contributed by atoms with Crippen molar-refractivity contribution >= 4 is 11.9 Å². The van der Waals surface area contributed by atoms with Crippen molar-refractivity contribution in [3.63, 3.8) is 0 Å². The number of carbonyl (C=O) groups is 1. The lowest BCUT2D eigenvalue weighted by atomic mass is 10.2. The quantitative estimate of drug-likeness (QED) is 0.772. The number of hydrogen-bond acceptors (Lipinski definition) is 3. The minimum absolute atomic E-state index is 0.0943. The van der Waals surface area contributed by atoms with Gasteiger partial charge in [0.25, 0.3) is 5.91 Å². The van der Waals surface area contributed by atoms with Crippen molar-refractivity contribution < 1.29 is 9.18 Å². The summed E-state index contributed by atoms with van der Waals surface area (Å²) in [5.41, 5.74) is 0.509. The molecule has 0 aliphatic carbocycles. The molecule has 0 saturated carbocycles. The molecular formula is C14H16FN3O. The molecule has 0 aromatic heterocycles. The second kappa shape index (κ2) is 4.99. The van der Waals surface area contributed by atoms with Crippen molar-refractivity contribution in [3.05, 3.63) is 35.6 Å². The molecule has 1 fully saturated rings. The van der Waals surface area contributed by atoms with E-state index in [0.717, 1.165) is 31.9 Å². The van der Waals surface area contributed by atoms with E-state index in [1.807, 2.05) is 0 Å². The van der Waals surface area contributed by atoms with E-state index in [4.69, 9.17) is 0 Å². The van der Waals surface area contributed by atoms with Crippen molar-refractivity contribution in [1.29, 1.82) is 0 Å². The number of nitrogens with zero attached hydrogens (tertiary/aromatic N) is 3. The fourth-order valence-corrected chi connectivity index (χ4v) is 2.56. The zero-order chi connectivity index (χ0) is 13.2. The maximum absolute atomic E-state index is 12.9. The molecule has 19 heavy (non-hydrogen) atoms. The molecule has 1 aromatic rings. The van der Waals surface area contributed by atoms with Crippen LogP contribution in [0.5, 0.6) is 0 Å². The largest absolute Gasteiger partial charge is 0.342 e. The number of hydrogen-bond donors (Lipinski definition) is 0. The van der Waals surface area contributed by atoms with E-state index in [9.17, 15) is 9.18 Å². The van der Waals surface area contributed by atoms with E-state index in [0.29, 0.717) is 18.7 Å². The van der Waals surface area contributed by atoms with Gasteiger partial charge in [-0.1, -0.05) is 0 Å². The molecule has 0 spiro atoms. The first-order chi connectivity index (χ1) is 9.25. The second-order valence-corrected chi connectivity index (χ2v) is 4.84. The summed E-state index contributed by atoms with van der Waals surface area (Å²) in [5, 5.41) is 0. The molecule has 2 aliphatic rings. The SMILES string of the molecule is O=C(c1ccc(F)cc1)N1CCN=C1N1CCCC1. The number of benzene rings is 1. The van der Waals surface area contributed by atoms with Crippen LogP contribution >= 0.6 is 0 Å². The summed E-state index contributed by atoms with van der Waals surface area (Å²) in [4.78, 5) is 20.7. The van der Waals surface area contributed by atoms with Crippen LogP contribution < -0.4 is 0 Å². The van der Waals surface area contributed by atoms with E-state index in [2.05, 4.69) is 9.89 Å². The van der Waals surface area contributed by atoms with Crippen molar-refractivity contribution in [2.24, 2.45) is 4.99 Å². The van der Waals surface area contributed by atoms with Gasteiger partial charge >= 0.3 is 0 Å². The fraction of sp³-hybridized carbons (Fsp3) is 0.429. The highest BCUT2D eigenvalue weighted by Crippen LogP contribution is 2.17. The molecular weight excluding hydrogens is 245 g/mol. The van der Waals surface area contributed by atoms with Gasteiger partial charge in [0.2, 0.25) is 5.96 Å². The van der Waals surface area contributed by atoms with Crippen LogP contribution in [0.4, 0.5) is 4.39 Å². The number of likely N-dealkylation sites (tertiary alicyclic amines) is 1. The molecule has 2 aliphatic heterocycles. The monoisotopic (exact) mass is 261 g/mol. The van der Waals surface area contributed by atoms with Crippen molar-refractivity contribution in [1.82, 2.24) is 9.80 Å². The van der Waals surface area contributed by atoms with E-state index >= 15 is 0 Å². The molecule has 2 heterocycles. The van der Waals surface area contributed by atoms with E-state index in [1.54, 1.807) is 4.90 Å². The van der Waals surface area contributed by atoms with Gasteiger partial charge in [-0.05, 0) is 37.1 Å². The van der Waals surface area contributed by atoms with Crippen LogP contribution in [-0.4, -0.2) is 47.8 Å². The van der Waals surface area contributed by atoms with Crippen LogP contribution in [0.1, 0.15) is 23.2 Å². The molecule has 1 aromatic carbocycles. The summed E-state index contributed by atoms with van der Waals surface area (Å²) in [6.45, 7) is 3.19. The first kappa shape index (κ1) is 12.1. The first-order valence-corrected chi connectivity index (χ1v) is 6.62. The van der Waals surface area contributed by atoms with Gasteiger partial charge in [0.1, 0.15) is 5.82 Å². The van der Waals surface area contributed by atoms with Crippen molar-refractivity contribution in [3.8, 4) is 0 Å². The molecule has 1 saturated heterocycles. The number of rotatable bonds is 1. The topological polar surface area (TPSA) is 35.9 Å². The Morgan fingerprint density at radius 2 is 1.79 bits per heavy atom. The summed E-state index contributed by atoms with van der Waals surface area (Å²) in [6.07, 6.45) is 2.30. The number of carbonyl (C=O) groups excluding carboxylic acids is 1. The van der Waals surface area contributed by atoms with Crippen LogP contribution in [0.3, 0.4) is 0 Å². The van der Waals surface area contributed by atoms with Gasteiger partial charge in [0, 0.05) is 25.2 Å². The van der Waals surface area contributed by atoms with Gasteiger partial charge < -0.3 is 4.90 Å². The molecule has 1 amide bonds. The maximum Gasteiger partial charge on any atom is 0.260 e. The van der Waals surface area contributed by atoms with Crippen molar-refractivity contribution in [2.45, 2.75) is 12.8 Å². The third-order valence-corrected chi connectivity index (χ3v) is 3.54. The number of halogens is 1. The van der Waals surface area contributed by atoms with Gasteiger partial charge in [0.15, 0.2) is 0 Å². The molecule has 0 atom stereocenters. The lowest BCUT2D eigenvalue weighted by Gasteiger charge is -2.25. The second-order valence-electron chi connectivity index (χ2n) is 4.84. The Kier molecular flexibility index (Phi) is 3.19. The Hall–Kier alpha value is -1.91. The van der Waals surface area contributed by atoms with Crippen LogP contribution in [0, 0.1) is 5.82 Å². The minimum Gasteiger partial charge on any atom is -0.342 e. The third-order valence-electron chi connectivity index (χ3n) is 3.54. The Morgan fingerprint density at radius 3 is 2.47 bits per heavy atom. The van der Waals surface area contributed by atoms with Crippen LogP contribution in [0.25, 0.3) is 0 Å². The molecule has 0 unspecified atom stereocenters. The minimum atomic E-state index is -0.327. The molecule has 100 valence electrons. The van der Waals surface area contributed by atoms with Crippen molar-refractivity contribution in [2.75, 3.05) is 26.2 Å². The Morgan fingerprint density at radius 1 is 1.11 bits per heavy atom. The molecule has 0 bridgehead atoms. The molecule has 0 radical (unpaired) electrons. The van der Waals surface area contributed by atoms with Gasteiger partial charge in [-0.25, -0.2) is 4.39 Å². The molecule has 5 heteroatoms. The predicted octanol–water partition coefficient (Wildman–Crippen LogP) is 1.73. The summed E-state index contributed by atoms with van der Waals surface area (Å²) < 4.78 is 12.9. The Bertz CT molecular complexity index is 506. The third kappa shape index (κ3) is 2.32. The summed E-state index contributed by atoms with van der Waals surface area (Å²) in [5.74, 6) is 0.362. The van der Waals surface area contributed by atoms with Crippen LogP contribution in [0.2, 0.25) is 0 Å². The van der Waals surface area contributed by atoms with Crippen LogP contribution in [0.15, 0.2) is 29.3 Å². The summed E-state index contributed by atoms with van der Waals surface area (Å²) in [7, 11) is 0. The standard InChI is InChI=1S/C14H16FN3O/c15-12-5-3-11(4-6-12)13(19)18-10-7-16-14(18)17-8-1-2-9-17/h3-6H,1-2,7-10H2. The maximum atomic E-state index is 12.9. The molecule has 0 N–H and O–H groups in total. The predicted molar refractivity (Wildman–Crippen MR) is 70.5 cm³/mol. The average Bonchev–Trinajstić information content (AvgIpc) is 3.09. The molecule has 4 nitrogen and oxygen atoms in total. The highest BCUT2D eigenvalue weighted by Gasteiger charge is 2.30. The molecule has 3 rings (SSSR count). The van der Waals surface area contributed by atoms with Crippen LogP contribution in [-0.2, 0) is 0 Å². The normalized spacial score (nSPS) is 18.9. The van der Waals surface area contributed by atoms with Gasteiger partial charge in [-0.2, -0.15) is 0 Å². The highest BCUT2D eigenvalue weighted by atomic mass is 19.1. The summed E-state index contributed by atoms with van der Waals surface area (Å²) >= 11 is 0. The number of amides is 1. The number of guanidine groups is 1. The average molecular weight is 261 g/mol. The zero-order valence-corrected chi connectivity index (χ0v) is 10.7. The highest BCUT2D eigenvalue weighted by molar-refractivity contribution is 6.06. The summed E-state index contributed by atoms with van der Waals surface area (Å²) in [6, 6.07) is 5.68. The first-order valence-electron chi connectivity index (χ1n) is 6.62. The van der Waals surface area contributed by atoms with Gasteiger partial charge in [-0.15, -0.1) is 0 Å². The van der Waals surface area contributed by atoms with E-state index in [1.165, 1.54) is 24.3 Å². The van der Waals surface area contributed by atoms with E-state index in [-0.39, 0.29) is 11.7 Å². The fourth-order valence-electron chi connectivity index (χ4n) is 2.56. The van der Waals surface area contributed by atoms with Gasteiger partial charge in [-0.3, -0.25) is 14.7 Å². The Balaban J connectivity index is 1.79. The lowest BCUT2D eigenvalue weighted by Crippen LogP contribution is -2.43. The Labute approximate surface area is 111 Å². The van der Waals surface area contributed by atoms with E-state index < -0.39 is 0 Å².